The number of hydrogen-bond acceptors (Lipinski definition) is 4. The summed E-state index contributed by atoms with van der Waals surface area (Å²) in [6.07, 6.45) is 0.946. The number of esters is 1. The van der Waals surface area contributed by atoms with Crippen molar-refractivity contribution < 1.29 is 14.3 Å². The van der Waals surface area contributed by atoms with Gasteiger partial charge >= 0.3 is 5.97 Å². The van der Waals surface area contributed by atoms with E-state index in [0.717, 1.165) is 0 Å². The van der Waals surface area contributed by atoms with E-state index in [1.54, 1.807) is 20.8 Å². The van der Waals surface area contributed by atoms with Crippen molar-refractivity contribution >= 4 is 11.9 Å². The number of nitrogens with one attached hydrogen (secondary N) is 1. The van der Waals surface area contributed by atoms with Gasteiger partial charge in [0.2, 0.25) is 5.91 Å². The van der Waals surface area contributed by atoms with Crippen LogP contribution in [0.1, 0.15) is 33.6 Å². The fourth-order valence-corrected chi connectivity index (χ4v) is 1.05. The van der Waals surface area contributed by atoms with Crippen LogP contribution in [0.2, 0.25) is 0 Å². The van der Waals surface area contributed by atoms with Crippen molar-refractivity contribution in [3.63, 3.8) is 0 Å². The Bertz CT molecular complexity index is 229. The molecule has 0 aliphatic heterocycles. The van der Waals surface area contributed by atoms with Gasteiger partial charge in [0, 0.05) is 13.0 Å². The van der Waals surface area contributed by atoms with Gasteiger partial charge in [0.15, 0.2) is 0 Å². The molecular weight excluding hydrogens is 208 g/mol. The minimum Gasteiger partial charge on any atom is -0.463 e. The Hall–Kier alpha value is -1.10. The maximum absolute atomic E-state index is 11.4. The number of amides is 1. The summed E-state index contributed by atoms with van der Waals surface area (Å²) in [6, 6.07) is 0. The van der Waals surface area contributed by atoms with Crippen LogP contribution in [0, 0.1) is 5.92 Å². The summed E-state index contributed by atoms with van der Waals surface area (Å²) in [7, 11) is 0. The summed E-state index contributed by atoms with van der Waals surface area (Å²) in [4.78, 5) is 22.6. The Balaban J connectivity index is 3.75. The summed E-state index contributed by atoms with van der Waals surface area (Å²) >= 11 is 0. The predicted molar refractivity (Wildman–Crippen MR) is 61.7 cm³/mol. The SMILES string of the molecule is CC(C)OC(=O)C(C)CNC(=O)CCCN. The molecule has 16 heavy (non-hydrogen) atoms. The molecule has 1 unspecified atom stereocenters. The van der Waals surface area contributed by atoms with E-state index >= 15 is 0 Å². The molecule has 0 radical (unpaired) electrons. The van der Waals surface area contributed by atoms with Gasteiger partial charge in [-0.15, -0.1) is 0 Å². The lowest BCUT2D eigenvalue weighted by Crippen LogP contribution is -2.33. The lowest BCUT2D eigenvalue weighted by atomic mass is 10.2. The van der Waals surface area contributed by atoms with Gasteiger partial charge in [-0.1, -0.05) is 6.92 Å². The molecule has 0 fully saturated rings. The van der Waals surface area contributed by atoms with Gasteiger partial charge in [-0.2, -0.15) is 0 Å². The van der Waals surface area contributed by atoms with Gasteiger partial charge in [-0.25, -0.2) is 0 Å². The molecule has 1 amide bonds. The Morgan fingerprint density at radius 3 is 2.44 bits per heavy atom. The summed E-state index contributed by atoms with van der Waals surface area (Å²) in [5.41, 5.74) is 5.28. The van der Waals surface area contributed by atoms with Crippen molar-refractivity contribution in [3.05, 3.63) is 0 Å². The zero-order valence-corrected chi connectivity index (χ0v) is 10.3. The van der Waals surface area contributed by atoms with Crippen molar-refractivity contribution in [2.75, 3.05) is 13.1 Å². The Labute approximate surface area is 96.7 Å². The van der Waals surface area contributed by atoms with E-state index in [-0.39, 0.29) is 23.9 Å². The van der Waals surface area contributed by atoms with E-state index in [4.69, 9.17) is 10.5 Å². The topological polar surface area (TPSA) is 81.4 Å². The van der Waals surface area contributed by atoms with Crippen LogP contribution in [-0.4, -0.2) is 31.1 Å². The van der Waals surface area contributed by atoms with Crippen LogP contribution in [0.5, 0.6) is 0 Å². The molecule has 0 aromatic carbocycles. The number of carbonyl (C=O) groups is 2. The molecule has 94 valence electrons. The molecule has 0 saturated heterocycles. The third-order valence-corrected chi connectivity index (χ3v) is 1.97. The van der Waals surface area contributed by atoms with Gasteiger partial charge < -0.3 is 15.8 Å². The fraction of sp³-hybridized carbons (Fsp3) is 0.818. The molecule has 0 aromatic rings. The lowest BCUT2D eigenvalue weighted by molar-refractivity contribution is -0.151. The minimum absolute atomic E-state index is 0.0744. The number of rotatable bonds is 7. The molecule has 0 heterocycles. The van der Waals surface area contributed by atoms with Crippen molar-refractivity contribution in [3.8, 4) is 0 Å². The van der Waals surface area contributed by atoms with E-state index in [1.807, 2.05) is 0 Å². The first-order valence-corrected chi connectivity index (χ1v) is 5.64. The molecule has 0 aliphatic rings. The van der Waals surface area contributed by atoms with Crippen LogP contribution in [-0.2, 0) is 14.3 Å². The van der Waals surface area contributed by atoms with E-state index in [0.29, 0.717) is 25.9 Å². The second kappa shape index (κ2) is 8.10. The summed E-state index contributed by atoms with van der Waals surface area (Å²) < 4.78 is 5.02. The zero-order chi connectivity index (χ0) is 12.6. The highest BCUT2D eigenvalue weighted by molar-refractivity contribution is 5.77. The van der Waals surface area contributed by atoms with Crippen molar-refractivity contribution in [2.45, 2.75) is 39.7 Å². The quantitative estimate of drug-likeness (QED) is 0.621. The monoisotopic (exact) mass is 230 g/mol. The number of nitrogens with two attached hydrogens (primary N) is 1. The smallest absolute Gasteiger partial charge is 0.310 e. The molecule has 3 N–H and O–H groups in total. The molecule has 0 bridgehead atoms. The normalized spacial score (nSPS) is 12.3. The molecule has 0 aliphatic carbocycles. The van der Waals surface area contributed by atoms with Crippen molar-refractivity contribution in [1.29, 1.82) is 0 Å². The number of hydrogen-bond donors (Lipinski definition) is 2. The second-order valence-corrected chi connectivity index (χ2v) is 4.08. The van der Waals surface area contributed by atoms with Crippen LogP contribution in [0.4, 0.5) is 0 Å². The van der Waals surface area contributed by atoms with Gasteiger partial charge in [0.1, 0.15) is 0 Å². The lowest BCUT2D eigenvalue weighted by Gasteiger charge is -2.14. The van der Waals surface area contributed by atoms with Gasteiger partial charge in [-0.3, -0.25) is 9.59 Å². The molecule has 1 atom stereocenters. The van der Waals surface area contributed by atoms with Crippen molar-refractivity contribution in [2.24, 2.45) is 11.7 Å². The Morgan fingerprint density at radius 1 is 1.31 bits per heavy atom. The van der Waals surface area contributed by atoms with E-state index < -0.39 is 0 Å². The van der Waals surface area contributed by atoms with Gasteiger partial charge in [0.25, 0.3) is 0 Å². The third kappa shape index (κ3) is 7.23. The van der Waals surface area contributed by atoms with Crippen LogP contribution >= 0.6 is 0 Å². The van der Waals surface area contributed by atoms with Crippen LogP contribution < -0.4 is 11.1 Å². The molecule has 0 saturated carbocycles. The zero-order valence-electron chi connectivity index (χ0n) is 10.3. The first kappa shape index (κ1) is 14.9. The number of carbonyl (C=O) groups excluding carboxylic acids is 2. The summed E-state index contributed by atoms with van der Waals surface area (Å²) in [5, 5.41) is 2.68. The highest BCUT2D eigenvalue weighted by Gasteiger charge is 2.16. The first-order chi connectivity index (χ1) is 7.47. The predicted octanol–water partition coefficient (Wildman–Crippen LogP) is 0.429. The average molecular weight is 230 g/mol. The second-order valence-electron chi connectivity index (χ2n) is 4.08. The van der Waals surface area contributed by atoms with Gasteiger partial charge in [0.05, 0.1) is 12.0 Å². The van der Waals surface area contributed by atoms with Crippen LogP contribution in [0.25, 0.3) is 0 Å². The highest BCUT2D eigenvalue weighted by Crippen LogP contribution is 2.00. The number of ether oxygens (including phenoxy) is 1. The molecule has 5 heteroatoms. The third-order valence-electron chi connectivity index (χ3n) is 1.97. The van der Waals surface area contributed by atoms with Crippen LogP contribution in [0.15, 0.2) is 0 Å². The van der Waals surface area contributed by atoms with E-state index in [2.05, 4.69) is 5.32 Å². The molecule has 5 nitrogen and oxygen atoms in total. The van der Waals surface area contributed by atoms with E-state index in [9.17, 15) is 9.59 Å². The Kier molecular flexibility index (Phi) is 7.54. The largest absolute Gasteiger partial charge is 0.463 e. The Morgan fingerprint density at radius 2 is 1.94 bits per heavy atom. The molecule has 0 spiro atoms. The highest BCUT2D eigenvalue weighted by atomic mass is 16.5. The molecular formula is C11H22N2O3. The van der Waals surface area contributed by atoms with Crippen LogP contribution in [0.3, 0.4) is 0 Å². The minimum atomic E-state index is -0.316. The maximum atomic E-state index is 11.4. The standard InChI is InChI=1S/C11H22N2O3/c1-8(2)16-11(15)9(3)7-13-10(14)5-4-6-12/h8-9H,4-7,12H2,1-3H3,(H,13,14). The molecule has 0 aromatic heterocycles. The van der Waals surface area contributed by atoms with Gasteiger partial charge in [-0.05, 0) is 26.8 Å². The first-order valence-electron chi connectivity index (χ1n) is 5.64. The fourth-order valence-electron chi connectivity index (χ4n) is 1.05. The average Bonchev–Trinajstić information content (AvgIpc) is 2.21. The van der Waals surface area contributed by atoms with Crippen molar-refractivity contribution in [1.82, 2.24) is 5.32 Å². The molecule has 0 rings (SSSR count). The maximum Gasteiger partial charge on any atom is 0.310 e. The van der Waals surface area contributed by atoms with E-state index in [1.165, 1.54) is 0 Å². The summed E-state index contributed by atoms with van der Waals surface area (Å²) in [6.45, 7) is 6.14. The summed E-state index contributed by atoms with van der Waals surface area (Å²) in [5.74, 6) is -0.673.